The number of hydrogen-bond acceptors (Lipinski definition) is 4. The van der Waals surface area contributed by atoms with E-state index in [9.17, 15) is 13.2 Å². The first-order valence-corrected chi connectivity index (χ1v) is 5.25. The molecule has 1 atom stereocenters. The van der Waals surface area contributed by atoms with Crippen LogP contribution >= 0.6 is 0 Å². The van der Waals surface area contributed by atoms with Crippen LogP contribution < -0.4 is 0 Å². The number of hydrogen-bond donors (Lipinski definition) is 1. The van der Waals surface area contributed by atoms with E-state index in [1.165, 1.54) is 0 Å². The number of rotatable bonds is 5. The van der Waals surface area contributed by atoms with E-state index in [0.29, 0.717) is 6.42 Å². The lowest BCUT2D eigenvalue weighted by atomic mass is 10.1. The summed E-state index contributed by atoms with van der Waals surface area (Å²) < 4.78 is 25.3. The normalized spacial score (nSPS) is 14.2. The van der Waals surface area contributed by atoms with E-state index in [1.807, 2.05) is 0 Å². The molecule has 72 valence electrons. The Balaban J connectivity index is 3.98. The molecule has 0 aliphatic heterocycles. The maximum atomic E-state index is 10.5. The molecule has 0 aromatic rings. The summed E-state index contributed by atoms with van der Waals surface area (Å²) in [4.78, 5) is 10.4. The predicted molar refractivity (Wildman–Crippen MR) is 42.2 cm³/mol. The van der Waals surface area contributed by atoms with Gasteiger partial charge in [0.1, 0.15) is 0 Å². The summed E-state index contributed by atoms with van der Waals surface area (Å²) in [6.07, 6.45) is 1.24. The van der Waals surface area contributed by atoms with Crippen LogP contribution in [0.15, 0.2) is 0 Å². The van der Waals surface area contributed by atoms with Crippen LogP contribution in [0.3, 0.4) is 0 Å². The summed E-state index contributed by atoms with van der Waals surface area (Å²) in [5, 5.41) is 8.50. The van der Waals surface area contributed by atoms with E-state index in [1.54, 1.807) is 6.92 Å². The van der Waals surface area contributed by atoms with Crippen molar-refractivity contribution in [2.45, 2.75) is 13.3 Å². The molecule has 0 saturated carbocycles. The Morgan fingerprint density at radius 1 is 1.58 bits per heavy atom. The van der Waals surface area contributed by atoms with Crippen molar-refractivity contribution in [3.63, 3.8) is 0 Å². The third-order valence-corrected chi connectivity index (χ3v) is 1.89. The van der Waals surface area contributed by atoms with Crippen LogP contribution in [0.1, 0.15) is 13.3 Å². The Hall–Kier alpha value is -0.620. The van der Waals surface area contributed by atoms with Crippen molar-refractivity contribution in [2.75, 3.05) is 12.9 Å². The Morgan fingerprint density at radius 2 is 2.08 bits per heavy atom. The first kappa shape index (κ1) is 11.4. The van der Waals surface area contributed by atoms with E-state index < -0.39 is 22.0 Å². The molecular formula is C6H12O5S. The molecule has 1 N–H and O–H groups in total. The molecule has 0 fully saturated rings. The molecule has 0 saturated heterocycles. The fourth-order valence-electron chi connectivity index (χ4n) is 0.569. The minimum Gasteiger partial charge on any atom is -0.481 e. The molecule has 6 heteroatoms. The van der Waals surface area contributed by atoms with Crippen LogP contribution in [0.4, 0.5) is 0 Å². The summed E-state index contributed by atoms with van der Waals surface area (Å²) in [5.74, 6) is -1.79. The molecule has 12 heavy (non-hydrogen) atoms. The van der Waals surface area contributed by atoms with Crippen LogP contribution in [0.5, 0.6) is 0 Å². The summed E-state index contributed by atoms with van der Waals surface area (Å²) in [6, 6.07) is 0. The Morgan fingerprint density at radius 3 is 2.33 bits per heavy atom. The highest BCUT2D eigenvalue weighted by atomic mass is 32.2. The van der Waals surface area contributed by atoms with Crippen molar-refractivity contribution >= 4 is 16.1 Å². The van der Waals surface area contributed by atoms with Crippen molar-refractivity contribution in [2.24, 2.45) is 5.92 Å². The second-order valence-corrected chi connectivity index (χ2v) is 4.08. The standard InChI is InChI=1S/C6H12O5S/c1-3-5(6(7)8)4-11-12(2,9)10/h5H,3-4H2,1-2H3,(H,7,8)/t5-/m0/s1. The largest absolute Gasteiger partial charge is 0.481 e. The van der Waals surface area contributed by atoms with Gasteiger partial charge in [-0.2, -0.15) is 8.42 Å². The van der Waals surface area contributed by atoms with Crippen molar-refractivity contribution < 1.29 is 22.5 Å². The van der Waals surface area contributed by atoms with Gasteiger partial charge in [-0.05, 0) is 6.42 Å². The monoisotopic (exact) mass is 196 g/mol. The zero-order valence-electron chi connectivity index (χ0n) is 6.98. The molecule has 0 radical (unpaired) electrons. The van der Waals surface area contributed by atoms with Gasteiger partial charge in [0.2, 0.25) is 0 Å². The second-order valence-electron chi connectivity index (χ2n) is 2.43. The van der Waals surface area contributed by atoms with Gasteiger partial charge in [0.15, 0.2) is 0 Å². The quantitative estimate of drug-likeness (QED) is 0.629. The van der Waals surface area contributed by atoms with Gasteiger partial charge in [-0.25, -0.2) is 0 Å². The lowest BCUT2D eigenvalue weighted by molar-refractivity contribution is -0.142. The predicted octanol–water partition coefficient (Wildman–Crippen LogP) is 0.0734. The molecule has 0 aliphatic rings. The van der Waals surface area contributed by atoms with Crippen LogP contribution in [0, 0.1) is 5.92 Å². The number of carboxylic acid groups (broad SMARTS) is 1. The van der Waals surface area contributed by atoms with Crippen molar-refractivity contribution in [3.8, 4) is 0 Å². The Kier molecular flexibility index (Phi) is 4.19. The van der Waals surface area contributed by atoms with Gasteiger partial charge in [0, 0.05) is 0 Å². The Labute approximate surface area is 71.5 Å². The van der Waals surface area contributed by atoms with Crippen LogP contribution in [0.25, 0.3) is 0 Å². The average molecular weight is 196 g/mol. The van der Waals surface area contributed by atoms with Gasteiger partial charge in [0.05, 0.1) is 18.8 Å². The SMILES string of the molecule is CC[C@@H](COS(C)(=O)=O)C(=O)O. The van der Waals surface area contributed by atoms with Crippen molar-refractivity contribution in [1.29, 1.82) is 0 Å². The fraction of sp³-hybridized carbons (Fsp3) is 0.833. The Bertz CT molecular complexity index is 243. The third kappa shape index (κ3) is 5.09. The fourth-order valence-corrected chi connectivity index (χ4v) is 0.981. The minimum atomic E-state index is -3.53. The molecule has 0 spiro atoms. The van der Waals surface area contributed by atoms with Gasteiger partial charge in [-0.3, -0.25) is 8.98 Å². The van der Waals surface area contributed by atoms with E-state index in [4.69, 9.17) is 5.11 Å². The molecule has 0 aromatic heterocycles. The molecule has 0 unspecified atom stereocenters. The third-order valence-electron chi connectivity index (χ3n) is 1.33. The van der Waals surface area contributed by atoms with E-state index in [2.05, 4.69) is 4.18 Å². The molecule has 0 amide bonds. The van der Waals surface area contributed by atoms with Gasteiger partial charge in [0.25, 0.3) is 10.1 Å². The molecule has 5 nitrogen and oxygen atoms in total. The maximum absolute atomic E-state index is 10.5. The van der Waals surface area contributed by atoms with Gasteiger partial charge in [-0.1, -0.05) is 6.92 Å². The molecule has 0 aromatic carbocycles. The van der Waals surface area contributed by atoms with Gasteiger partial charge in [-0.15, -0.1) is 0 Å². The highest BCUT2D eigenvalue weighted by molar-refractivity contribution is 7.85. The first-order valence-electron chi connectivity index (χ1n) is 3.44. The zero-order valence-corrected chi connectivity index (χ0v) is 7.80. The zero-order chi connectivity index (χ0) is 9.78. The summed E-state index contributed by atoms with van der Waals surface area (Å²) in [7, 11) is -3.53. The molecule has 0 heterocycles. The van der Waals surface area contributed by atoms with Crippen LogP contribution in [-0.4, -0.2) is 32.4 Å². The van der Waals surface area contributed by atoms with Crippen LogP contribution in [-0.2, 0) is 19.1 Å². The molecule has 0 rings (SSSR count). The van der Waals surface area contributed by atoms with Gasteiger partial charge >= 0.3 is 5.97 Å². The topological polar surface area (TPSA) is 80.7 Å². The molecular weight excluding hydrogens is 184 g/mol. The highest BCUT2D eigenvalue weighted by Gasteiger charge is 2.17. The minimum absolute atomic E-state index is 0.287. The molecule has 0 bridgehead atoms. The van der Waals surface area contributed by atoms with E-state index >= 15 is 0 Å². The van der Waals surface area contributed by atoms with E-state index in [-0.39, 0.29) is 6.61 Å². The lowest BCUT2D eigenvalue weighted by Crippen LogP contribution is -2.20. The van der Waals surface area contributed by atoms with Gasteiger partial charge < -0.3 is 5.11 Å². The smallest absolute Gasteiger partial charge is 0.308 e. The maximum Gasteiger partial charge on any atom is 0.308 e. The van der Waals surface area contributed by atoms with Crippen molar-refractivity contribution in [1.82, 2.24) is 0 Å². The highest BCUT2D eigenvalue weighted by Crippen LogP contribution is 2.04. The lowest BCUT2D eigenvalue weighted by Gasteiger charge is -2.07. The van der Waals surface area contributed by atoms with Crippen molar-refractivity contribution in [3.05, 3.63) is 0 Å². The van der Waals surface area contributed by atoms with Crippen LogP contribution in [0.2, 0.25) is 0 Å². The summed E-state index contributed by atoms with van der Waals surface area (Å²) in [6.45, 7) is 1.37. The molecule has 0 aliphatic carbocycles. The first-order chi connectivity index (χ1) is 5.37. The summed E-state index contributed by atoms with van der Waals surface area (Å²) >= 11 is 0. The second kappa shape index (κ2) is 4.42. The number of aliphatic carboxylic acids is 1. The average Bonchev–Trinajstić information content (AvgIpc) is 1.85. The number of carbonyl (C=O) groups is 1. The van der Waals surface area contributed by atoms with E-state index in [0.717, 1.165) is 6.26 Å². The number of carboxylic acids is 1. The summed E-state index contributed by atoms with van der Waals surface area (Å²) in [5.41, 5.74) is 0.